The van der Waals surface area contributed by atoms with E-state index >= 15 is 0 Å². The monoisotopic (exact) mass is 330 g/mol. The van der Waals surface area contributed by atoms with Crippen LogP contribution in [0, 0.1) is 6.92 Å². The second-order valence-corrected chi connectivity index (χ2v) is 7.59. The third kappa shape index (κ3) is 2.94. The van der Waals surface area contributed by atoms with Crippen molar-refractivity contribution in [3.8, 4) is 0 Å². The summed E-state index contributed by atoms with van der Waals surface area (Å²) in [4.78, 5) is 13.6. The van der Waals surface area contributed by atoms with Crippen molar-refractivity contribution in [2.75, 3.05) is 22.8 Å². The number of anilines is 2. The number of benzene rings is 2. The van der Waals surface area contributed by atoms with Crippen molar-refractivity contribution < 1.29 is 13.2 Å². The van der Waals surface area contributed by atoms with Gasteiger partial charge in [-0.2, -0.15) is 0 Å². The first-order chi connectivity index (χ1) is 10.9. The van der Waals surface area contributed by atoms with E-state index < -0.39 is 10.0 Å². The number of sulfonamides is 1. The van der Waals surface area contributed by atoms with E-state index in [-0.39, 0.29) is 18.2 Å². The molecule has 6 heteroatoms. The summed E-state index contributed by atoms with van der Waals surface area (Å²) in [6, 6.07) is 14.4. The van der Waals surface area contributed by atoms with E-state index in [0.29, 0.717) is 16.9 Å². The molecule has 5 nitrogen and oxygen atoms in total. The number of para-hydroxylation sites is 2. The van der Waals surface area contributed by atoms with Gasteiger partial charge in [0.2, 0.25) is 15.9 Å². The molecule has 0 spiro atoms. The molecule has 0 aromatic heterocycles. The van der Waals surface area contributed by atoms with Gasteiger partial charge < -0.3 is 4.90 Å². The highest BCUT2D eigenvalue weighted by atomic mass is 32.2. The Morgan fingerprint density at radius 1 is 1.04 bits per heavy atom. The Morgan fingerprint density at radius 2 is 1.74 bits per heavy atom. The first-order valence-electron chi connectivity index (χ1n) is 7.30. The van der Waals surface area contributed by atoms with Crippen LogP contribution in [0.4, 0.5) is 11.4 Å². The van der Waals surface area contributed by atoms with Crippen molar-refractivity contribution in [3.05, 3.63) is 59.7 Å². The Kier molecular flexibility index (Phi) is 3.85. The Hall–Kier alpha value is -2.34. The lowest BCUT2D eigenvalue weighted by Crippen LogP contribution is -2.46. The van der Waals surface area contributed by atoms with Crippen LogP contribution in [-0.2, 0) is 20.6 Å². The summed E-state index contributed by atoms with van der Waals surface area (Å²) in [7, 11) is -1.98. The second-order valence-electron chi connectivity index (χ2n) is 5.69. The molecule has 1 heterocycles. The maximum atomic E-state index is 12.8. The third-order valence-corrected chi connectivity index (χ3v) is 5.63. The van der Waals surface area contributed by atoms with Crippen LogP contribution < -0.4 is 9.21 Å². The van der Waals surface area contributed by atoms with Crippen LogP contribution in [0.3, 0.4) is 0 Å². The van der Waals surface area contributed by atoms with Gasteiger partial charge in [-0.05, 0) is 24.6 Å². The molecule has 0 saturated carbocycles. The summed E-state index contributed by atoms with van der Waals surface area (Å²) in [6.45, 7) is 1.76. The number of carbonyl (C=O) groups is 1. The fraction of sp³-hybridized carbons (Fsp3) is 0.235. The van der Waals surface area contributed by atoms with E-state index in [1.807, 2.05) is 25.1 Å². The highest BCUT2D eigenvalue weighted by molar-refractivity contribution is 7.92. The molecule has 2 aromatic rings. The topological polar surface area (TPSA) is 57.7 Å². The molecule has 0 N–H and O–H groups in total. The fourth-order valence-corrected chi connectivity index (χ4v) is 4.26. The normalized spacial score (nSPS) is 14.8. The summed E-state index contributed by atoms with van der Waals surface area (Å²) >= 11 is 0. The van der Waals surface area contributed by atoms with Gasteiger partial charge in [-0.1, -0.05) is 42.0 Å². The first-order valence-corrected chi connectivity index (χ1v) is 8.91. The number of aryl methyl sites for hydroxylation is 1. The Morgan fingerprint density at radius 3 is 2.43 bits per heavy atom. The molecule has 0 unspecified atom stereocenters. The SMILES string of the molecule is Cc1cccc(CS(=O)(=O)N2CC(=O)N(C)c3ccccc32)c1. The minimum Gasteiger partial charge on any atom is -0.312 e. The van der Waals surface area contributed by atoms with Crippen LogP contribution in [0.25, 0.3) is 0 Å². The molecule has 3 rings (SSSR count). The van der Waals surface area contributed by atoms with Gasteiger partial charge in [0.1, 0.15) is 6.54 Å². The van der Waals surface area contributed by atoms with Crippen molar-refractivity contribution in [1.82, 2.24) is 0 Å². The third-order valence-electron chi connectivity index (χ3n) is 3.93. The number of likely N-dealkylation sites (N-methyl/N-ethyl adjacent to an activating group) is 1. The van der Waals surface area contributed by atoms with Gasteiger partial charge >= 0.3 is 0 Å². The largest absolute Gasteiger partial charge is 0.312 e. The average molecular weight is 330 g/mol. The highest BCUT2D eigenvalue weighted by Crippen LogP contribution is 2.34. The van der Waals surface area contributed by atoms with Gasteiger partial charge in [0, 0.05) is 7.05 Å². The van der Waals surface area contributed by atoms with E-state index in [1.165, 1.54) is 9.21 Å². The summed E-state index contributed by atoms with van der Waals surface area (Å²) < 4.78 is 26.9. The zero-order valence-electron chi connectivity index (χ0n) is 13.1. The number of nitrogens with zero attached hydrogens (tertiary/aromatic N) is 2. The van der Waals surface area contributed by atoms with Gasteiger partial charge in [-0.15, -0.1) is 0 Å². The van der Waals surface area contributed by atoms with Crippen molar-refractivity contribution in [1.29, 1.82) is 0 Å². The standard InChI is InChI=1S/C17H18N2O3S/c1-13-6-5-7-14(10-13)12-23(21,22)19-11-17(20)18(2)15-8-3-4-9-16(15)19/h3-10H,11-12H2,1-2H3. The van der Waals surface area contributed by atoms with Crippen LogP contribution in [-0.4, -0.2) is 27.9 Å². The summed E-state index contributed by atoms with van der Waals surface area (Å²) in [5.74, 6) is -0.364. The van der Waals surface area contributed by atoms with Crippen molar-refractivity contribution >= 4 is 27.3 Å². The predicted octanol–water partition coefficient (Wildman–Crippen LogP) is 2.31. The van der Waals surface area contributed by atoms with Gasteiger partial charge in [-0.25, -0.2) is 8.42 Å². The Balaban J connectivity index is 2.00. The molecule has 0 atom stereocenters. The second kappa shape index (κ2) is 5.70. The molecule has 23 heavy (non-hydrogen) atoms. The highest BCUT2D eigenvalue weighted by Gasteiger charge is 2.33. The van der Waals surface area contributed by atoms with E-state index in [0.717, 1.165) is 5.56 Å². The Labute approximate surface area is 136 Å². The van der Waals surface area contributed by atoms with Gasteiger partial charge in [0.15, 0.2) is 0 Å². The lowest BCUT2D eigenvalue weighted by atomic mass is 10.2. The predicted molar refractivity (Wildman–Crippen MR) is 91.0 cm³/mol. The number of hydrogen-bond donors (Lipinski definition) is 0. The molecule has 0 fully saturated rings. The van der Waals surface area contributed by atoms with Crippen LogP contribution in [0.1, 0.15) is 11.1 Å². The Bertz CT molecular complexity index is 862. The number of carbonyl (C=O) groups excluding carboxylic acids is 1. The molecule has 1 aliphatic rings. The van der Waals surface area contributed by atoms with E-state index in [1.54, 1.807) is 37.4 Å². The number of fused-ring (bicyclic) bond motifs is 1. The van der Waals surface area contributed by atoms with Gasteiger partial charge in [-0.3, -0.25) is 9.10 Å². The van der Waals surface area contributed by atoms with E-state index in [4.69, 9.17) is 0 Å². The first kappa shape index (κ1) is 15.6. The number of amides is 1. The zero-order valence-corrected chi connectivity index (χ0v) is 13.9. The van der Waals surface area contributed by atoms with Gasteiger partial charge in [0.25, 0.3) is 0 Å². The molecular formula is C17H18N2O3S. The number of hydrogen-bond acceptors (Lipinski definition) is 3. The smallest absolute Gasteiger partial charge is 0.247 e. The average Bonchev–Trinajstić information content (AvgIpc) is 2.50. The lowest BCUT2D eigenvalue weighted by molar-refractivity contribution is -0.117. The van der Waals surface area contributed by atoms with Gasteiger partial charge in [0.05, 0.1) is 17.1 Å². The van der Waals surface area contributed by atoms with E-state index in [2.05, 4.69) is 0 Å². The minimum absolute atomic E-state index is 0.125. The van der Waals surface area contributed by atoms with Crippen LogP contribution in [0.2, 0.25) is 0 Å². The van der Waals surface area contributed by atoms with Crippen LogP contribution in [0.15, 0.2) is 48.5 Å². The van der Waals surface area contributed by atoms with Crippen LogP contribution in [0.5, 0.6) is 0 Å². The number of rotatable bonds is 3. The lowest BCUT2D eigenvalue weighted by Gasteiger charge is -2.34. The van der Waals surface area contributed by atoms with Crippen molar-refractivity contribution in [2.45, 2.75) is 12.7 Å². The van der Waals surface area contributed by atoms with Crippen molar-refractivity contribution in [2.24, 2.45) is 0 Å². The molecule has 0 bridgehead atoms. The molecule has 0 radical (unpaired) electrons. The maximum absolute atomic E-state index is 12.8. The molecular weight excluding hydrogens is 312 g/mol. The van der Waals surface area contributed by atoms with Crippen LogP contribution >= 0.6 is 0 Å². The molecule has 120 valence electrons. The summed E-state index contributed by atoms with van der Waals surface area (Å²) in [6.07, 6.45) is 0. The summed E-state index contributed by atoms with van der Waals surface area (Å²) in [5.41, 5.74) is 2.88. The molecule has 1 amide bonds. The maximum Gasteiger partial charge on any atom is 0.247 e. The molecule has 1 aliphatic heterocycles. The molecule has 0 aliphatic carbocycles. The fourth-order valence-electron chi connectivity index (χ4n) is 2.75. The summed E-state index contributed by atoms with van der Waals surface area (Å²) in [5, 5.41) is 0. The van der Waals surface area contributed by atoms with E-state index in [9.17, 15) is 13.2 Å². The quantitative estimate of drug-likeness (QED) is 0.868. The van der Waals surface area contributed by atoms with Crippen molar-refractivity contribution in [3.63, 3.8) is 0 Å². The minimum atomic E-state index is -3.64. The molecule has 0 saturated heterocycles. The molecule has 2 aromatic carbocycles. The zero-order chi connectivity index (χ0) is 16.6.